The molecule has 0 bridgehead atoms. The van der Waals surface area contributed by atoms with Crippen LogP contribution < -0.4 is 0 Å². The second-order valence-electron chi connectivity index (χ2n) is 3.63. The van der Waals surface area contributed by atoms with Crippen molar-refractivity contribution in [2.45, 2.75) is 39.0 Å². The number of hydrogen-bond acceptors (Lipinski definition) is 1. The lowest BCUT2D eigenvalue weighted by molar-refractivity contribution is 0.932. The van der Waals surface area contributed by atoms with Crippen LogP contribution in [0.2, 0.25) is 0 Å². The van der Waals surface area contributed by atoms with Gasteiger partial charge in [-0.05, 0) is 36.8 Å². The van der Waals surface area contributed by atoms with Crippen molar-refractivity contribution in [3.63, 3.8) is 0 Å². The Balaban J connectivity index is 2.36. The van der Waals surface area contributed by atoms with E-state index in [1.807, 2.05) is 6.20 Å². The van der Waals surface area contributed by atoms with Gasteiger partial charge in [-0.25, -0.2) is 0 Å². The molecular formula is C11H14ClN. The Labute approximate surface area is 84.2 Å². The highest BCUT2D eigenvalue weighted by molar-refractivity contribution is 6.32. The second-order valence-corrected chi connectivity index (χ2v) is 4.09. The Bertz CT molecular complexity index is 310. The Kier molecular flexibility index (Phi) is 2.54. The zero-order valence-corrected chi connectivity index (χ0v) is 8.69. The molecular weight excluding hydrogens is 182 g/mol. The SMILES string of the molecule is CCC1=CN=C2CCCC2=C(Cl)C1. The van der Waals surface area contributed by atoms with Crippen molar-refractivity contribution in [3.05, 3.63) is 22.4 Å². The van der Waals surface area contributed by atoms with Crippen LogP contribution in [0.5, 0.6) is 0 Å². The Morgan fingerprint density at radius 2 is 2.31 bits per heavy atom. The maximum atomic E-state index is 6.25. The van der Waals surface area contributed by atoms with Crippen molar-refractivity contribution in [2.75, 3.05) is 0 Å². The summed E-state index contributed by atoms with van der Waals surface area (Å²) in [6.45, 7) is 2.15. The standard InChI is InChI=1S/C11H14ClN/c1-2-8-6-10(12)9-4-3-5-11(9)13-7-8/h7H,2-6H2,1H3. The summed E-state index contributed by atoms with van der Waals surface area (Å²) in [6, 6.07) is 0. The minimum Gasteiger partial charge on any atom is -0.261 e. The maximum Gasteiger partial charge on any atom is 0.0447 e. The second kappa shape index (κ2) is 3.67. The van der Waals surface area contributed by atoms with Gasteiger partial charge in [0, 0.05) is 23.4 Å². The van der Waals surface area contributed by atoms with Crippen LogP contribution >= 0.6 is 11.6 Å². The fourth-order valence-electron chi connectivity index (χ4n) is 1.90. The molecule has 0 aromatic rings. The summed E-state index contributed by atoms with van der Waals surface area (Å²) in [5.74, 6) is 0. The minimum absolute atomic E-state index is 0.917. The summed E-state index contributed by atoms with van der Waals surface area (Å²) in [7, 11) is 0. The fourth-order valence-corrected chi connectivity index (χ4v) is 2.27. The van der Waals surface area contributed by atoms with Gasteiger partial charge in [0.25, 0.3) is 0 Å². The molecule has 1 nitrogen and oxygen atoms in total. The number of hydrogen-bond donors (Lipinski definition) is 0. The molecule has 0 amide bonds. The Morgan fingerprint density at radius 1 is 1.46 bits per heavy atom. The zero-order chi connectivity index (χ0) is 9.26. The lowest BCUT2D eigenvalue weighted by Gasteiger charge is -2.02. The van der Waals surface area contributed by atoms with E-state index < -0.39 is 0 Å². The first kappa shape index (κ1) is 9.01. The van der Waals surface area contributed by atoms with Crippen LogP contribution in [-0.4, -0.2) is 5.71 Å². The largest absolute Gasteiger partial charge is 0.261 e. The smallest absolute Gasteiger partial charge is 0.0447 e. The summed E-state index contributed by atoms with van der Waals surface area (Å²) in [5.41, 5.74) is 3.90. The number of aliphatic imine (C=N–C) groups is 1. The molecule has 0 radical (unpaired) electrons. The Hall–Kier alpha value is -0.560. The van der Waals surface area contributed by atoms with E-state index in [2.05, 4.69) is 11.9 Å². The first-order valence-corrected chi connectivity index (χ1v) is 5.31. The predicted molar refractivity (Wildman–Crippen MR) is 57.2 cm³/mol. The molecule has 0 atom stereocenters. The van der Waals surface area contributed by atoms with Gasteiger partial charge in [-0.2, -0.15) is 0 Å². The van der Waals surface area contributed by atoms with E-state index in [0.29, 0.717) is 0 Å². The maximum absolute atomic E-state index is 6.25. The molecule has 0 saturated heterocycles. The summed E-state index contributed by atoms with van der Waals surface area (Å²) in [5, 5.41) is 1.03. The molecule has 0 aromatic carbocycles. The van der Waals surface area contributed by atoms with Gasteiger partial charge in [0.1, 0.15) is 0 Å². The molecule has 0 unspecified atom stereocenters. The topological polar surface area (TPSA) is 12.4 Å². The van der Waals surface area contributed by atoms with Crippen molar-refractivity contribution < 1.29 is 0 Å². The lowest BCUT2D eigenvalue weighted by Crippen LogP contribution is -1.93. The van der Waals surface area contributed by atoms with Crippen molar-refractivity contribution in [1.82, 2.24) is 0 Å². The van der Waals surface area contributed by atoms with Crippen LogP contribution in [0.25, 0.3) is 0 Å². The first-order valence-electron chi connectivity index (χ1n) is 4.93. The molecule has 2 aliphatic rings. The third kappa shape index (κ3) is 1.71. The molecule has 0 spiro atoms. The minimum atomic E-state index is 0.917. The third-order valence-corrected chi connectivity index (χ3v) is 3.12. The summed E-state index contributed by atoms with van der Waals surface area (Å²) in [4.78, 5) is 4.50. The summed E-state index contributed by atoms with van der Waals surface area (Å²) in [6.07, 6.45) is 7.44. The third-order valence-electron chi connectivity index (χ3n) is 2.76. The molecule has 1 saturated carbocycles. The van der Waals surface area contributed by atoms with Crippen molar-refractivity contribution in [1.29, 1.82) is 0 Å². The van der Waals surface area contributed by atoms with Crippen molar-refractivity contribution in [2.24, 2.45) is 4.99 Å². The monoisotopic (exact) mass is 195 g/mol. The van der Waals surface area contributed by atoms with E-state index in [9.17, 15) is 0 Å². The summed E-state index contributed by atoms with van der Waals surface area (Å²) >= 11 is 6.25. The van der Waals surface area contributed by atoms with Crippen LogP contribution in [-0.2, 0) is 0 Å². The molecule has 2 rings (SSSR count). The van der Waals surface area contributed by atoms with E-state index >= 15 is 0 Å². The highest BCUT2D eigenvalue weighted by atomic mass is 35.5. The van der Waals surface area contributed by atoms with Crippen LogP contribution in [0.15, 0.2) is 27.4 Å². The van der Waals surface area contributed by atoms with Crippen molar-refractivity contribution >= 4 is 17.3 Å². The number of fused-ring (bicyclic) bond motifs is 1. The Morgan fingerprint density at radius 3 is 3.08 bits per heavy atom. The molecule has 0 aromatic heterocycles. The number of allylic oxidation sites excluding steroid dienone is 3. The van der Waals surface area contributed by atoms with Crippen LogP contribution in [0.1, 0.15) is 39.0 Å². The molecule has 1 heterocycles. The molecule has 1 aliphatic heterocycles. The van der Waals surface area contributed by atoms with Crippen LogP contribution in [0.3, 0.4) is 0 Å². The van der Waals surface area contributed by atoms with Gasteiger partial charge in [-0.15, -0.1) is 0 Å². The lowest BCUT2D eigenvalue weighted by atomic mass is 10.1. The number of halogens is 1. The molecule has 1 aliphatic carbocycles. The van der Waals surface area contributed by atoms with E-state index in [0.717, 1.165) is 30.7 Å². The quantitative estimate of drug-likeness (QED) is 0.604. The highest BCUT2D eigenvalue weighted by Crippen LogP contribution is 2.33. The van der Waals surface area contributed by atoms with Crippen LogP contribution in [0, 0.1) is 0 Å². The van der Waals surface area contributed by atoms with Gasteiger partial charge in [0.2, 0.25) is 0 Å². The van der Waals surface area contributed by atoms with Gasteiger partial charge in [-0.1, -0.05) is 18.5 Å². The van der Waals surface area contributed by atoms with Crippen LogP contribution in [0.4, 0.5) is 0 Å². The van der Waals surface area contributed by atoms with E-state index in [1.54, 1.807) is 0 Å². The molecule has 70 valence electrons. The van der Waals surface area contributed by atoms with Gasteiger partial charge in [0.15, 0.2) is 0 Å². The van der Waals surface area contributed by atoms with Gasteiger partial charge >= 0.3 is 0 Å². The molecule has 0 N–H and O–H groups in total. The predicted octanol–water partition coefficient (Wildman–Crippen LogP) is 3.80. The number of nitrogens with zero attached hydrogens (tertiary/aromatic N) is 1. The molecule has 2 heteroatoms. The average Bonchev–Trinajstić information content (AvgIpc) is 2.54. The van der Waals surface area contributed by atoms with E-state index in [-0.39, 0.29) is 0 Å². The van der Waals surface area contributed by atoms with Crippen molar-refractivity contribution in [3.8, 4) is 0 Å². The fraction of sp³-hybridized carbons (Fsp3) is 0.545. The van der Waals surface area contributed by atoms with Gasteiger partial charge < -0.3 is 0 Å². The van der Waals surface area contributed by atoms with Gasteiger partial charge in [0.05, 0.1) is 0 Å². The van der Waals surface area contributed by atoms with E-state index in [4.69, 9.17) is 11.6 Å². The summed E-state index contributed by atoms with van der Waals surface area (Å²) < 4.78 is 0. The molecule has 1 fully saturated rings. The normalized spacial score (nSPS) is 22.3. The molecule has 13 heavy (non-hydrogen) atoms. The number of rotatable bonds is 1. The zero-order valence-electron chi connectivity index (χ0n) is 7.94. The van der Waals surface area contributed by atoms with E-state index in [1.165, 1.54) is 23.3 Å². The highest BCUT2D eigenvalue weighted by Gasteiger charge is 2.20. The average molecular weight is 196 g/mol. The first-order chi connectivity index (χ1) is 6.31. The van der Waals surface area contributed by atoms with Gasteiger partial charge in [-0.3, -0.25) is 4.99 Å².